The number of hydrogen-bond acceptors (Lipinski definition) is 3. The second kappa shape index (κ2) is 7.05. The summed E-state index contributed by atoms with van der Waals surface area (Å²) in [7, 11) is 0. The summed E-state index contributed by atoms with van der Waals surface area (Å²) in [4.78, 5) is 24.1. The number of hydrogen-bond donors (Lipinski definition) is 0. The first kappa shape index (κ1) is 17.1. The molecular weight excluding hydrogens is 321 g/mol. The van der Waals surface area contributed by atoms with Gasteiger partial charge in [0.15, 0.2) is 6.61 Å². The number of ketones is 1. The molecule has 0 spiro atoms. The highest BCUT2D eigenvalue weighted by molar-refractivity contribution is 6.00. The largest absolute Gasteiger partial charge is 0.454 e. The van der Waals surface area contributed by atoms with Crippen LogP contribution in [0, 0.1) is 19.7 Å². The maximum atomic E-state index is 13.1. The number of aromatic nitrogens is 1. The van der Waals surface area contributed by atoms with Crippen LogP contribution in [-0.4, -0.2) is 22.9 Å². The molecule has 1 saturated carbocycles. The molecule has 0 aliphatic heterocycles. The summed E-state index contributed by atoms with van der Waals surface area (Å²) in [6.07, 6.45) is 4.93. The zero-order valence-electron chi connectivity index (χ0n) is 14.3. The summed E-state index contributed by atoms with van der Waals surface area (Å²) in [6.45, 7) is 3.60. The summed E-state index contributed by atoms with van der Waals surface area (Å²) >= 11 is 0. The van der Waals surface area contributed by atoms with Crippen LogP contribution in [0.4, 0.5) is 4.39 Å². The van der Waals surface area contributed by atoms with E-state index in [2.05, 4.69) is 4.57 Å². The van der Waals surface area contributed by atoms with Gasteiger partial charge in [-0.25, -0.2) is 9.18 Å². The number of nitrogens with zero attached hydrogens (tertiary/aromatic N) is 1. The average molecular weight is 341 g/mol. The van der Waals surface area contributed by atoms with Gasteiger partial charge in [0.1, 0.15) is 5.82 Å². The number of carbonyl (C=O) groups excluding carboxylic acids is 2. The van der Waals surface area contributed by atoms with E-state index in [1.807, 2.05) is 19.9 Å². The predicted octanol–water partition coefficient (Wildman–Crippen LogP) is 4.02. The van der Waals surface area contributed by atoms with Crippen molar-refractivity contribution in [2.75, 3.05) is 6.61 Å². The summed E-state index contributed by atoms with van der Waals surface area (Å²) in [6, 6.07) is 8.21. The first-order valence-electron chi connectivity index (χ1n) is 8.27. The Morgan fingerprint density at radius 1 is 1.28 bits per heavy atom. The maximum absolute atomic E-state index is 13.1. The van der Waals surface area contributed by atoms with Crippen LogP contribution in [-0.2, 0) is 9.53 Å². The van der Waals surface area contributed by atoms with Crippen LogP contribution in [0.3, 0.4) is 0 Å². The fourth-order valence-corrected chi connectivity index (χ4v) is 2.99. The van der Waals surface area contributed by atoms with Crippen LogP contribution in [0.25, 0.3) is 6.08 Å². The van der Waals surface area contributed by atoms with Gasteiger partial charge in [-0.1, -0.05) is 12.1 Å². The molecule has 5 heteroatoms. The molecule has 0 atom stereocenters. The number of aryl methyl sites for hydroxylation is 1. The third kappa shape index (κ3) is 4.05. The molecule has 1 aliphatic rings. The van der Waals surface area contributed by atoms with Gasteiger partial charge in [0, 0.05) is 29.1 Å². The first-order chi connectivity index (χ1) is 12.0. The van der Waals surface area contributed by atoms with Gasteiger partial charge in [0.05, 0.1) is 0 Å². The minimum atomic E-state index is -0.631. The normalized spacial score (nSPS) is 14.0. The number of halogens is 1. The van der Waals surface area contributed by atoms with Crippen molar-refractivity contribution in [3.05, 3.63) is 64.7 Å². The van der Waals surface area contributed by atoms with Gasteiger partial charge < -0.3 is 9.30 Å². The average Bonchev–Trinajstić information content (AvgIpc) is 3.36. The molecular formula is C20H20FNO3. The summed E-state index contributed by atoms with van der Waals surface area (Å²) in [5.74, 6) is -1.22. The van der Waals surface area contributed by atoms with Crippen LogP contribution in [0.2, 0.25) is 0 Å². The molecule has 25 heavy (non-hydrogen) atoms. The number of benzene rings is 1. The van der Waals surface area contributed by atoms with Crippen molar-refractivity contribution in [1.82, 2.24) is 4.57 Å². The van der Waals surface area contributed by atoms with Crippen molar-refractivity contribution in [3.63, 3.8) is 0 Å². The molecule has 0 amide bonds. The van der Waals surface area contributed by atoms with Gasteiger partial charge in [0.25, 0.3) is 0 Å². The van der Waals surface area contributed by atoms with Crippen LogP contribution in [0.1, 0.15) is 46.2 Å². The minimum absolute atomic E-state index is 0.215. The molecule has 1 heterocycles. The highest BCUT2D eigenvalue weighted by Gasteiger charge is 2.28. The zero-order valence-corrected chi connectivity index (χ0v) is 14.3. The highest BCUT2D eigenvalue weighted by Crippen LogP contribution is 2.38. The van der Waals surface area contributed by atoms with E-state index in [0.717, 1.165) is 24.2 Å². The second-order valence-corrected chi connectivity index (χ2v) is 6.31. The minimum Gasteiger partial charge on any atom is -0.454 e. The Bertz CT molecular complexity index is 847. The van der Waals surface area contributed by atoms with Gasteiger partial charge in [0.2, 0.25) is 5.78 Å². The predicted molar refractivity (Wildman–Crippen MR) is 92.9 cm³/mol. The van der Waals surface area contributed by atoms with Gasteiger partial charge in [-0.05, 0) is 56.5 Å². The Balaban J connectivity index is 1.59. The second-order valence-electron chi connectivity index (χ2n) is 6.31. The Hall–Kier alpha value is -2.69. The fourth-order valence-electron chi connectivity index (χ4n) is 2.99. The zero-order chi connectivity index (χ0) is 18.0. The van der Waals surface area contributed by atoms with Gasteiger partial charge in [-0.15, -0.1) is 0 Å². The van der Waals surface area contributed by atoms with Gasteiger partial charge in [-0.2, -0.15) is 0 Å². The van der Waals surface area contributed by atoms with E-state index in [-0.39, 0.29) is 18.2 Å². The molecule has 1 aliphatic carbocycles. The van der Waals surface area contributed by atoms with Crippen molar-refractivity contribution in [3.8, 4) is 0 Å². The number of esters is 1. The van der Waals surface area contributed by atoms with Gasteiger partial charge in [-0.3, -0.25) is 4.79 Å². The van der Waals surface area contributed by atoms with Crippen LogP contribution in [0.5, 0.6) is 0 Å². The van der Waals surface area contributed by atoms with E-state index in [1.165, 1.54) is 24.3 Å². The molecule has 3 rings (SSSR count). The topological polar surface area (TPSA) is 48.3 Å². The third-order valence-electron chi connectivity index (χ3n) is 4.30. The number of ether oxygens (including phenoxy) is 1. The van der Waals surface area contributed by atoms with E-state index in [9.17, 15) is 14.0 Å². The lowest BCUT2D eigenvalue weighted by molar-refractivity contribution is -0.136. The maximum Gasteiger partial charge on any atom is 0.331 e. The number of Topliss-reactive ketones (excluding diaryl/α,β-unsaturated/α-hetero) is 1. The molecule has 0 unspecified atom stereocenters. The monoisotopic (exact) mass is 341 g/mol. The molecule has 0 radical (unpaired) electrons. The molecule has 1 fully saturated rings. The SMILES string of the molecule is Cc1cc(C(=O)COC(=O)/C=C/c2cccc(F)c2)c(C)n1C1CC1. The van der Waals surface area contributed by atoms with Crippen molar-refractivity contribution in [1.29, 1.82) is 0 Å². The van der Waals surface area contributed by atoms with E-state index < -0.39 is 5.97 Å². The molecule has 130 valence electrons. The molecule has 0 bridgehead atoms. The van der Waals surface area contributed by atoms with Crippen LogP contribution in [0.15, 0.2) is 36.4 Å². The number of carbonyl (C=O) groups is 2. The van der Waals surface area contributed by atoms with E-state index in [4.69, 9.17) is 4.74 Å². The Kier molecular flexibility index (Phi) is 4.83. The quantitative estimate of drug-likeness (QED) is 0.453. The van der Waals surface area contributed by atoms with Crippen molar-refractivity contribution >= 4 is 17.8 Å². The highest BCUT2D eigenvalue weighted by atomic mass is 19.1. The Labute approximate surface area is 145 Å². The lowest BCUT2D eigenvalue weighted by Gasteiger charge is -2.07. The molecule has 1 aromatic carbocycles. The molecule has 0 N–H and O–H groups in total. The Morgan fingerprint density at radius 3 is 2.72 bits per heavy atom. The third-order valence-corrected chi connectivity index (χ3v) is 4.30. The van der Waals surface area contributed by atoms with Crippen LogP contribution < -0.4 is 0 Å². The Morgan fingerprint density at radius 2 is 2.04 bits per heavy atom. The van der Waals surface area contributed by atoms with Crippen molar-refractivity contribution in [2.45, 2.75) is 32.7 Å². The summed E-state index contributed by atoms with van der Waals surface area (Å²) in [5.41, 5.74) is 3.14. The van der Waals surface area contributed by atoms with E-state index in [1.54, 1.807) is 12.1 Å². The van der Waals surface area contributed by atoms with E-state index >= 15 is 0 Å². The van der Waals surface area contributed by atoms with Crippen molar-refractivity contribution in [2.24, 2.45) is 0 Å². The van der Waals surface area contributed by atoms with Crippen molar-refractivity contribution < 1.29 is 18.7 Å². The fraction of sp³-hybridized carbons (Fsp3) is 0.300. The standard InChI is InChI=1S/C20H20FNO3/c1-13-10-18(14(2)22(13)17-7-8-17)19(23)12-25-20(24)9-6-15-4-3-5-16(21)11-15/h3-6,9-11,17H,7-8,12H2,1-2H3/b9-6+. The van der Waals surface area contributed by atoms with Crippen LogP contribution >= 0.6 is 0 Å². The summed E-state index contributed by atoms with van der Waals surface area (Å²) in [5, 5.41) is 0. The smallest absolute Gasteiger partial charge is 0.331 e. The lowest BCUT2D eigenvalue weighted by atomic mass is 10.1. The lowest BCUT2D eigenvalue weighted by Crippen LogP contribution is -2.13. The summed E-state index contributed by atoms with van der Waals surface area (Å²) < 4.78 is 20.3. The molecule has 0 saturated heterocycles. The number of rotatable bonds is 6. The van der Waals surface area contributed by atoms with Gasteiger partial charge >= 0.3 is 5.97 Å². The molecule has 1 aromatic heterocycles. The molecule has 4 nitrogen and oxygen atoms in total. The molecule has 2 aromatic rings. The van der Waals surface area contributed by atoms with E-state index in [0.29, 0.717) is 17.2 Å². The first-order valence-corrected chi connectivity index (χ1v) is 8.27.